The van der Waals surface area contributed by atoms with Gasteiger partial charge in [0.2, 0.25) is 5.95 Å². The molecule has 0 unspecified atom stereocenters. The molecular formula is C13H15ClFN5O. The summed E-state index contributed by atoms with van der Waals surface area (Å²) in [7, 11) is 0. The van der Waals surface area contributed by atoms with Crippen molar-refractivity contribution in [1.82, 2.24) is 20.3 Å². The van der Waals surface area contributed by atoms with Crippen molar-refractivity contribution in [3.8, 4) is 11.4 Å². The van der Waals surface area contributed by atoms with E-state index >= 15 is 0 Å². The molecule has 2 aromatic heterocycles. The predicted octanol–water partition coefficient (Wildman–Crippen LogP) is 1.66. The number of anilines is 1. The predicted molar refractivity (Wildman–Crippen MR) is 79.1 cm³/mol. The molecule has 1 amide bonds. The van der Waals surface area contributed by atoms with Crippen molar-refractivity contribution in [2.24, 2.45) is 0 Å². The van der Waals surface area contributed by atoms with Gasteiger partial charge in [-0.1, -0.05) is 0 Å². The molecule has 1 aliphatic heterocycles. The minimum Gasteiger partial charge on any atom is -0.368 e. The van der Waals surface area contributed by atoms with Gasteiger partial charge in [-0.3, -0.25) is 9.18 Å². The second-order valence-electron chi connectivity index (χ2n) is 4.70. The zero-order valence-electron chi connectivity index (χ0n) is 11.1. The molecule has 21 heavy (non-hydrogen) atoms. The lowest BCUT2D eigenvalue weighted by Gasteiger charge is -2.21. The highest BCUT2D eigenvalue weighted by molar-refractivity contribution is 5.98. The maximum Gasteiger partial charge on any atom is 0.253 e. The highest BCUT2D eigenvalue weighted by atomic mass is 35.5. The Morgan fingerprint density at radius 3 is 3.00 bits per heavy atom. The Hall–Kier alpha value is -2.15. The van der Waals surface area contributed by atoms with E-state index in [1.54, 1.807) is 18.3 Å². The van der Waals surface area contributed by atoms with E-state index < -0.39 is 6.67 Å². The fourth-order valence-electron chi connectivity index (χ4n) is 2.43. The Balaban J connectivity index is 0.00000161. The van der Waals surface area contributed by atoms with E-state index in [9.17, 15) is 9.18 Å². The van der Waals surface area contributed by atoms with Gasteiger partial charge in [0.25, 0.3) is 5.91 Å². The topological polar surface area (TPSA) is 96.7 Å². The smallest absolute Gasteiger partial charge is 0.253 e. The number of rotatable bonds is 3. The maximum atomic E-state index is 12.6. The van der Waals surface area contributed by atoms with Gasteiger partial charge < -0.3 is 16.0 Å². The average Bonchev–Trinajstić information content (AvgIpc) is 2.88. The number of carbonyl (C=O) groups is 1. The van der Waals surface area contributed by atoms with Crippen molar-refractivity contribution in [3.63, 3.8) is 0 Å². The molecule has 0 saturated heterocycles. The van der Waals surface area contributed by atoms with Crippen molar-refractivity contribution in [3.05, 3.63) is 29.6 Å². The van der Waals surface area contributed by atoms with Gasteiger partial charge >= 0.3 is 0 Å². The van der Waals surface area contributed by atoms with Crippen molar-refractivity contribution < 1.29 is 9.18 Å². The molecule has 112 valence electrons. The molecule has 0 aliphatic carbocycles. The van der Waals surface area contributed by atoms with Crippen LogP contribution in [0.5, 0.6) is 0 Å². The molecule has 0 bridgehead atoms. The van der Waals surface area contributed by atoms with Crippen LogP contribution in [0.25, 0.3) is 11.4 Å². The molecule has 0 saturated carbocycles. The second-order valence-corrected chi connectivity index (χ2v) is 4.70. The highest BCUT2D eigenvalue weighted by Gasteiger charge is 2.28. The van der Waals surface area contributed by atoms with Gasteiger partial charge in [0, 0.05) is 24.4 Å². The standard InChI is InChI=1S/C13H14FN5O.ClH/c14-3-1-7-6-17-12(20)8-5-10(18-11(7)8)9-2-4-16-13(15)19-9;/h2,4-5,7,18H,1,3,6H2,(H,17,20)(H2,15,16,19);1H/t7-;/m0./s1. The number of carbonyl (C=O) groups excluding carboxylic acids is 1. The fourth-order valence-corrected chi connectivity index (χ4v) is 2.43. The average molecular weight is 312 g/mol. The normalized spacial score (nSPS) is 16.8. The van der Waals surface area contributed by atoms with E-state index in [1.165, 1.54) is 0 Å². The summed E-state index contributed by atoms with van der Waals surface area (Å²) in [6.45, 7) is 0.0242. The van der Waals surface area contributed by atoms with E-state index in [4.69, 9.17) is 5.73 Å². The van der Waals surface area contributed by atoms with Crippen LogP contribution in [0.2, 0.25) is 0 Å². The number of H-pyrrole nitrogens is 1. The molecule has 0 fully saturated rings. The Morgan fingerprint density at radius 2 is 2.29 bits per heavy atom. The molecule has 3 heterocycles. The van der Waals surface area contributed by atoms with Crippen LogP contribution >= 0.6 is 12.4 Å². The van der Waals surface area contributed by atoms with E-state index in [0.29, 0.717) is 29.9 Å². The van der Waals surface area contributed by atoms with Crippen LogP contribution in [-0.2, 0) is 0 Å². The molecule has 2 aromatic rings. The molecule has 0 spiro atoms. The molecule has 4 N–H and O–H groups in total. The Bertz CT molecular complexity index is 660. The van der Waals surface area contributed by atoms with Crippen LogP contribution < -0.4 is 11.1 Å². The number of alkyl halides is 1. The number of nitrogen functional groups attached to an aromatic ring is 1. The minimum atomic E-state index is -0.422. The third kappa shape index (κ3) is 2.82. The number of nitrogens with two attached hydrogens (primary N) is 1. The van der Waals surface area contributed by atoms with Crippen LogP contribution in [0.1, 0.15) is 28.4 Å². The highest BCUT2D eigenvalue weighted by Crippen LogP contribution is 2.30. The zero-order valence-corrected chi connectivity index (χ0v) is 11.9. The Morgan fingerprint density at radius 1 is 1.48 bits per heavy atom. The van der Waals surface area contributed by atoms with Gasteiger partial charge in [0.1, 0.15) is 0 Å². The number of hydrogen-bond donors (Lipinski definition) is 3. The zero-order chi connectivity index (χ0) is 14.1. The van der Waals surface area contributed by atoms with E-state index in [-0.39, 0.29) is 30.2 Å². The second kappa shape index (κ2) is 6.09. The number of nitrogens with zero attached hydrogens (tertiary/aromatic N) is 2. The molecule has 6 nitrogen and oxygen atoms in total. The molecule has 1 aliphatic rings. The maximum absolute atomic E-state index is 12.6. The number of nitrogens with one attached hydrogen (secondary N) is 2. The summed E-state index contributed by atoms with van der Waals surface area (Å²) in [6, 6.07) is 3.42. The van der Waals surface area contributed by atoms with Crippen LogP contribution in [0, 0.1) is 0 Å². The molecule has 8 heteroatoms. The largest absolute Gasteiger partial charge is 0.368 e. The molecule has 0 radical (unpaired) electrons. The molecule has 1 atom stereocenters. The number of hydrogen-bond acceptors (Lipinski definition) is 4. The molecule has 3 rings (SSSR count). The van der Waals surface area contributed by atoms with Crippen LogP contribution in [0.3, 0.4) is 0 Å². The molecule has 0 aromatic carbocycles. The number of halogens is 2. The van der Waals surface area contributed by atoms with Crippen molar-refractivity contribution in [1.29, 1.82) is 0 Å². The third-order valence-corrected chi connectivity index (χ3v) is 3.42. The van der Waals surface area contributed by atoms with Gasteiger partial charge in [-0.2, -0.15) is 0 Å². The van der Waals surface area contributed by atoms with Crippen molar-refractivity contribution in [2.45, 2.75) is 12.3 Å². The van der Waals surface area contributed by atoms with Crippen LogP contribution in [-0.4, -0.2) is 34.1 Å². The number of aromatic nitrogens is 3. The summed E-state index contributed by atoms with van der Waals surface area (Å²) in [5, 5.41) is 2.77. The first-order chi connectivity index (χ1) is 9.69. The summed E-state index contributed by atoms with van der Waals surface area (Å²) < 4.78 is 12.6. The third-order valence-electron chi connectivity index (χ3n) is 3.42. The fraction of sp³-hybridized carbons (Fsp3) is 0.308. The van der Waals surface area contributed by atoms with Crippen LogP contribution in [0.15, 0.2) is 18.3 Å². The summed E-state index contributed by atoms with van der Waals surface area (Å²) >= 11 is 0. The Labute approximate surface area is 126 Å². The van der Waals surface area contributed by atoms with Gasteiger partial charge in [0.15, 0.2) is 0 Å². The van der Waals surface area contributed by atoms with Crippen LogP contribution in [0.4, 0.5) is 10.3 Å². The van der Waals surface area contributed by atoms with Crippen molar-refractivity contribution >= 4 is 24.3 Å². The lowest BCUT2D eigenvalue weighted by atomic mass is 9.95. The summed E-state index contributed by atoms with van der Waals surface area (Å²) in [4.78, 5) is 23.0. The van der Waals surface area contributed by atoms with E-state index in [1.807, 2.05) is 0 Å². The first kappa shape index (κ1) is 15.2. The van der Waals surface area contributed by atoms with E-state index in [2.05, 4.69) is 20.3 Å². The van der Waals surface area contributed by atoms with Gasteiger partial charge in [-0.15, -0.1) is 12.4 Å². The summed E-state index contributed by atoms with van der Waals surface area (Å²) in [6.07, 6.45) is 1.93. The molecular weight excluding hydrogens is 297 g/mol. The quantitative estimate of drug-likeness (QED) is 0.803. The van der Waals surface area contributed by atoms with Crippen molar-refractivity contribution in [2.75, 3.05) is 19.0 Å². The number of aromatic amines is 1. The monoisotopic (exact) mass is 311 g/mol. The Kier molecular flexibility index (Phi) is 4.42. The SMILES string of the molecule is Cl.Nc1nccc(-c2cc3c([nH]2)[C@@H](CCF)CNC3=O)n1. The number of amides is 1. The summed E-state index contributed by atoms with van der Waals surface area (Å²) in [5.41, 5.74) is 8.16. The lowest BCUT2D eigenvalue weighted by molar-refractivity contribution is 0.0938. The van der Waals surface area contributed by atoms with Gasteiger partial charge in [-0.05, 0) is 18.6 Å². The minimum absolute atomic E-state index is 0. The van der Waals surface area contributed by atoms with Gasteiger partial charge in [0.05, 0.1) is 23.6 Å². The lowest BCUT2D eigenvalue weighted by Crippen LogP contribution is -2.34. The van der Waals surface area contributed by atoms with Gasteiger partial charge in [-0.25, -0.2) is 9.97 Å². The summed E-state index contributed by atoms with van der Waals surface area (Å²) in [5.74, 6) is -0.0277. The van der Waals surface area contributed by atoms with E-state index in [0.717, 1.165) is 5.69 Å². The number of fused-ring (bicyclic) bond motifs is 1. The first-order valence-electron chi connectivity index (χ1n) is 6.35. The first-order valence-corrected chi connectivity index (χ1v) is 6.35.